The second-order valence-electron chi connectivity index (χ2n) is 5.86. The number of carbonyl (C=O) groups is 1. The topological polar surface area (TPSA) is 91.2 Å². The number of rotatable bonds is 6. The van der Waals surface area contributed by atoms with Crippen molar-refractivity contribution in [2.24, 2.45) is 0 Å². The minimum Gasteiger partial charge on any atom is -0.455 e. The molecule has 0 bridgehead atoms. The molecule has 0 amide bonds. The molecule has 0 spiro atoms. The standard InChI is InChI=1S/C19H14BrN3O4S/c1-11-14(21-19(26-11)15-6-3-7-28-15)9-17(24)25-10-16-22-18(23-27-16)12-4-2-5-13(20)8-12/h2-8H,9-10H2,1H3. The van der Waals surface area contributed by atoms with Crippen LogP contribution in [0.4, 0.5) is 0 Å². The molecule has 4 aromatic rings. The monoisotopic (exact) mass is 459 g/mol. The average Bonchev–Trinajstić information content (AvgIpc) is 3.42. The summed E-state index contributed by atoms with van der Waals surface area (Å²) in [4.78, 5) is 21.7. The van der Waals surface area contributed by atoms with Crippen LogP contribution < -0.4 is 0 Å². The molecule has 0 saturated carbocycles. The van der Waals surface area contributed by atoms with Crippen molar-refractivity contribution in [2.75, 3.05) is 0 Å². The second kappa shape index (κ2) is 8.07. The number of nitrogens with zero attached hydrogens (tertiary/aromatic N) is 3. The summed E-state index contributed by atoms with van der Waals surface area (Å²) < 4.78 is 16.9. The highest BCUT2D eigenvalue weighted by molar-refractivity contribution is 9.10. The molecular formula is C19H14BrN3O4S. The third kappa shape index (κ3) is 4.20. The molecule has 142 valence electrons. The first-order valence-corrected chi connectivity index (χ1v) is 10.00. The Labute approximate surface area is 172 Å². The van der Waals surface area contributed by atoms with E-state index in [9.17, 15) is 4.79 Å². The Morgan fingerprint density at radius 2 is 2.14 bits per heavy atom. The molecule has 7 nitrogen and oxygen atoms in total. The lowest BCUT2D eigenvalue weighted by atomic mass is 10.2. The SMILES string of the molecule is Cc1oc(-c2cccs2)nc1CC(=O)OCc1nc(-c2cccc(Br)c2)no1. The third-order valence-electron chi connectivity index (χ3n) is 3.84. The summed E-state index contributed by atoms with van der Waals surface area (Å²) >= 11 is 4.92. The predicted octanol–water partition coefficient (Wildman–Crippen LogP) is 4.81. The number of benzene rings is 1. The second-order valence-corrected chi connectivity index (χ2v) is 7.72. The fourth-order valence-corrected chi connectivity index (χ4v) is 3.53. The number of halogens is 1. The van der Waals surface area contributed by atoms with Gasteiger partial charge in [0.05, 0.1) is 17.0 Å². The van der Waals surface area contributed by atoms with E-state index in [0.29, 0.717) is 23.2 Å². The average molecular weight is 460 g/mol. The van der Waals surface area contributed by atoms with Gasteiger partial charge in [-0.25, -0.2) is 4.98 Å². The molecular weight excluding hydrogens is 446 g/mol. The van der Waals surface area contributed by atoms with Gasteiger partial charge >= 0.3 is 5.97 Å². The van der Waals surface area contributed by atoms with Crippen molar-refractivity contribution >= 4 is 33.2 Å². The first-order chi connectivity index (χ1) is 13.6. The molecule has 0 aliphatic heterocycles. The lowest BCUT2D eigenvalue weighted by Gasteiger charge is -2.00. The van der Waals surface area contributed by atoms with Crippen molar-refractivity contribution in [2.45, 2.75) is 20.0 Å². The molecule has 28 heavy (non-hydrogen) atoms. The highest BCUT2D eigenvalue weighted by Crippen LogP contribution is 2.26. The van der Waals surface area contributed by atoms with Gasteiger partial charge in [0.1, 0.15) is 5.76 Å². The van der Waals surface area contributed by atoms with Gasteiger partial charge in [0, 0.05) is 10.0 Å². The van der Waals surface area contributed by atoms with Gasteiger partial charge in [-0.2, -0.15) is 4.98 Å². The number of ether oxygens (including phenoxy) is 1. The molecule has 0 fully saturated rings. The molecule has 0 unspecified atom stereocenters. The summed E-state index contributed by atoms with van der Waals surface area (Å²) in [6.07, 6.45) is 0.00728. The van der Waals surface area contributed by atoms with Crippen LogP contribution in [0.2, 0.25) is 0 Å². The normalized spacial score (nSPS) is 10.9. The summed E-state index contributed by atoms with van der Waals surface area (Å²) in [5.74, 6) is 1.30. The number of esters is 1. The molecule has 0 saturated heterocycles. The molecule has 1 aromatic carbocycles. The minimum absolute atomic E-state index is 0.00728. The van der Waals surface area contributed by atoms with Crippen LogP contribution in [0.1, 0.15) is 17.3 Å². The van der Waals surface area contributed by atoms with Gasteiger partial charge in [-0.1, -0.05) is 39.3 Å². The van der Waals surface area contributed by atoms with Crippen LogP contribution in [-0.4, -0.2) is 21.1 Å². The van der Waals surface area contributed by atoms with E-state index in [2.05, 4.69) is 31.1 Å². The summed E-state index contributed by atoms with van der Waals surface area (Å²) in [6, 6.07) is 11.3. The summed E-state index contributed by atoms with van der Waals surface area (Å²) in [6.45, 7) is 1.67. The minimum atomic E-state index is -0.448. The van der Waals surface area contributed by atoms with E-state index >= 15 is 0 Å². The quantitative estimate of drug-likeness (QED) is 0.382. The molecule has 9 heteroatoms. The van der Waals surface area contributed by atoms with E-state index in [-0.39, 0.29) is 18.9 Å². The number of oxazole rings is 1. The van der Waals surface area contributed by atoms with Crippen LogP contribution in [0, 0.1) is 6.92 Å². The number of aromatic nitrogens is 3. The van der Waals surface area contributed by atoms with Crippen LogP contribution in [0.15, 0.2) is 55.2 Å². The van der Waals surface area contributed by atoms with Crippen molar-refractivity contribution in [3.8, 4) is 22.2 Å². The van der Waals surface area contributed by atoms with Crippen molar-refractivity contribution in [3.05, 3.63) is 63.6 Å². The Morgan fingerprint density at radius 3 is 2.93 bits per heavy atom. The molecule has 4 rings (SSSR count). The summed E-state index contributed by atoms with van der Waals surface area (Å²) in [5, 5.41) is 5.85. The maximum atomic E-state index is 12.2. The zero-order chi connectivity index (χ0) is 19.5. The van der Waals surface area contributed by atoms with Crippen LogP contribution in [-0.2, 0) is 22.6 Å². The van der Waals surface area contributed by atoms with Crippen LogP contribution >= 0.6 is 27.3 Å². The number of carbonyl (C=O) groups excluding carboxylic acids is 1. The lowest BCUT2D eigenvalue weighted by Crippen LogP contribution is -2.09. The first-order valence-electron chi connectivity index (χ1n) is 8.33. The highest BCUT2D eigenvalue weighted by Gasteiger charge is 2.17. The van der Waals surface area contributed by atoms with Gasteiger partial charge in [-0.05, 0) is 30.5 Å². The maximum Gasteiger partial charge on any atom is 0.312 e. The molecule has 0 aliphatic rings. The lowest BCUT2D eigenvalue weighted by molar-refractivity contribution is -0.145. The van der Waals surface area contributed by atoms with E-state index in [1.165, 1.54) is 11.3 Å². The van der Waals surface area contributed by atoms with E-state index in [4.69, 9.17) is 13.7 Å². The summed E-state index contributed by atoms with van der Waals surface area (Å²) in [5.41, 5.74) is 1.35. The fraction of sp³-hybridized carbons (Fsp3) is 0.158. The van der Waals surface area contributed by atoms with Crippen LogP contribution in [0.25, 0.3) is 22.2 Å². The van der Waals surface area contributed by atoms with E-state index in [1.807, 2.05) is 41.8 Å². The molecule has 0 atom stereocenters. The van der Waals surface area contributed by atoms with Crippen molar-refractivity contribution in [1.29, 1.82) is 0 Å². The number of hydrogen-bond acceptors (Lipinski definition) is 8. The molecule has 3 heterocycles. The zero-order valence-electron chi connectivity index (χ0n) is 14.7. The number of hydrogen-bond donors (Lipinski definition) is 0. The van der Waals surface area contributed by atoms with Crippen molar-refractivity contribution in [1.82, 2.24) is 15.1 Å². The predicted molar refractivity (Wildman–Crippen MR) is 105 cm³/mol. The number of aryl methyl sites for hydroxylation is 1. The highest BCUT2D eigenvalue weighted by atomic mass is 79.9. The Hall–Kier alpha value is -2.78. The smallest absolute Gasteiger partial charge is 0.312 e. The van der Waals surface area contributed by atoms with E-state index in [1.54, 1.807) is 6.92 Å². The zero-order valence-corrected chi connectivity index (χ0v) is 17.1. The molecule has 3 aromatic heterocycles. The van der Waals surface area contributed by atoms with Gasteiger partial charge in [0.25, 0.3) is 5.89 Å². The van der Waals surface area contributed by atoms with Crippen LogP contribution in [0.5, 0.6) is 0 Å². The number of thiophene rings is 1. The molecule has 0 N–H and O–H groups in total. The van der Waals surface area contributed by atoms with Crippen LogP contribution in [0.3, 0.4) is 0 Å². The van der Waals surface area contributed by atoms with E-state index in [0.717, 1.165) is 14.9 Å². The van der Waals surface area contributed by atoms with E-state index < -0.39 is 5.97 Å². The van der Waals surface area contributed by atoms with Gasteiger partial charge in [-0.3, -0.25) is 4.79 Å². The fourth-order valence-electron chi connectivity index (χ4n) is 2.49. The molecule has 0 aliphatic carbocycles. The Morgan fingerprint density at radius 1 is 1.25 bits per heavy atom. The van der Waals surface area contributed by atoms with Gasteiger partial charge in [0.15, 0.2) is 6.61 Å². The van der Waals surface area contributed by atoms with Crippen molar-refractivity contribution in [3.63, 3.8) is 0 Å². The Balaban J connectivity index is 1.36. The largest absolute Gasteiger partial charge is 0.455 e. The Kier molecular flexibility index (Phi) is 5.36. The molecule has 0 radical (unpaired) electrons. The van der Waals surface area contributed by atoms with Crippen molar-refractivity contribution < 1.29 is 18.5 Å². The maximum absolute atomic E-state index is 12.2. The van der Waals surface area contributed by atoms with Gasteiger partial charge in [-0.15, -0.1) is 11.3 Å². The van der Waals surface area contributed by atoms with Gasteiger partial charge in [0.2, 0.25) is 11.7 Å². The third-order valence-corrected chi connectivity index (χ3v) is 5.20. The Bertz CT molecular complexity index is 1100. The first kappa shape index (κ1) is 18.6. The summed E-state index contributed by atoms with van der Waals surface area (Å²) in [7, 11) is 0. The van der Waals surface area contributed by atoms with Gasteiger partial charge < -0.3 is 13.7 Å².